The van der Waals surface area contributed by atoms with Gasteiger partial charge in [0.2, 0.25) is 0 Å². The highest BCUT2D eigenvalue weighted by atomic mass is 35.5. The maximum absolute atomic E-state index is 5.95. The predicted molar refractivity (Wildman–Crippen MR) is 69.9 cm³/mol. The molecule has 2 rings (SSSR count). The van der Waals surface area contributed by atoms with E-state index in [4.69, 9.17) is 21.1 Å². The largest absolute Gasteiger partial charge is 0.491 e. The highest BCUT2D eigenvalue weighted by molar-refractivity contribution is 6.30. The number of ether oxygens (including phenoxy) is 2. The minimum atomic E-state index is -0.00258. The molecule has 1 atom stereocenters. The molecular formula is C14H19ClO2. The quantitative estimate of drug-likeness (QED) is 0.812. The van der Waals surface area contributed by atoms with Crippen molar-refractivity contribution in [3.05, 3.63) is 28.8 Å². The third kappa shape index (κ3) is 3.36. The Morgan fingerprint density at radius 3 is 2.88 bits per heavy atom. The molecule has 1 aliphatic heterocycles. The lowest BCUT2D eigenvalue weighted by molar-refractivity contribution is -0.0327. The van der Waals surface area contributed by atoms with E-state index in [2.05, 4.69) is 13.8 Å². The van der Waals surface area contributed by atoms with Gasteiger partial charge in [-0.1, -0.05) is 17.7 Å². The van der Waals surface area contributed by atoms with E-state index in [0.29, 0.717) is 11.6 Å². The molecule has 0 aromatic heterocycles. The van der Waals surface area contributed by atoms with E-state index < -0.39 is 0 Å². The molecule has 0 amide bonds. The second kappa shape index (κ2) is 4.87. The lowest BCUT2D eigenvalue weighted by Gasteiger charge is -2.19. The summed E-state index contributed by atoms with van der Waals surface area (Å²) in [7, 11) is 0. The Hall–Kier alpha value is -0.730. The first-order chi connectivity index (χ1) is 7.96. The summed E-state index contributed by atoms with van der Waals surface area (Å²) in [6.07, 6.45) is 2.35. The Morgan fingerprint density at radius 2 is 2.24 bits per heavy atom. The number of hydrogen-bond acceptors (Lipinski definition) is 2. The summed E-state index contributed by atoms with van der Waals surface area (Å²) in [6, 6.07) is 5.70. The van der Waals surface area contributed by atoms with Gasteiger partial charge >= 0.3 is 0 Å². The van der Waals surface area contributed by atoms with E-state index >= 15 is 0 Å². The molecule has 1 saturated heterocycles. The molecule has 1 unspecified atom stereocenters. The van der Waals surface area contributed by atoms with Crippen LogP contribution in [0.15, 0.2) is 18.2 Å². The van der Waals surface area contributed by atoms with Crippen LogP contribution in [0.25, 0.3) is 0 Å². The molecule has 0 bridgehead atoms. The fourth-order valence-corrected chi connectivity index (χ4v) is 2.27. The first-order valence-electron chi connectivity index (χ1n) is 6.03. The van der Waals surface area contributed by atoms with Gasteiger partial charge in [0.05, 0.1) is 11.7 Å². The number of aryl methyl sites for hydroxylation is 1. The molecule has 94 valence electrons. The Kier molecular flexibility index (Phi) is 3.64. The van der Waals surface area contributed by atoms with Gasteiger partial charge in [-0.2, -0.15) is 0 Å². The molecule has 0 N–H and O–H groups in total. The van der Waals surface area contributed by atoms with Crippen molar-refractivity contribution >= 4 is 11.6 Å². The van der Waals surface area contributed by atoms with Crippen molar-refractivity contribution in [1.29, 1.82) is 0 Å². The van der Waals surface area contributed by atoms with Crippen LogP contribution in [0.3, 0.4) is 0 Å². The molecule has 0 radical (unpaired) electrons. The summed E-state index contributed by atoms with van der Waals surface area (Å²) in [5.74, 6) is 0.853. The Balaban J connectivity index is 1.92. The first kappa shape index (κ1) is 12.7. The highest BCUT2D eigenvalue weighted by Gasteiger charge is 2.31. The van der Waals surface area contributed by atoms with Crippen LogP contribution in [0.4, 0.5) is 0 Å². The van der Waals surface area contributed by atoms with Gasteiger partial charge in [0, 0.05) is 5.02 Å². The second-order valence-electron chi connectivity index (χ2n) is 5.26. The van der Waals surface area contributed by atoms with Gasteiger partial charge in [0.25, 0.3) is 0 Å². The fourth-order valence-electron chi connectivity index (χ4n) is 2.11. The van der Waals surface area contributed by atoms with E-state index in [1.165, 1.54) is 0 Å². The van der Waals surface area contributed by atoms with Crippen LogP contribution in [-0.4, -0.2) is 18.3 Å². The molecule has 1 fully saturated rings. The predicted octanol–water partition coefficient (Wildman–Crippen LogP) is 3.98. The van der Waals surface area contributed by atoms with E-state index in [1.54, 1.807) is 0 Å². The molecule has 3 heteroatoms. The van der Waals surface area contributed by atoms with Crippen LogP contribution < -0.4 is 4.74 Å². The summed E-state index contributed by atoms with van der Waals surface area (Å²) in [4.78, 5) is 0. The second-order valence-corrected chi connectivity index (χ2v) is 5.70. The molecule has 17 heavy (non-hydrogen) atoms. The van der Waals surface area contributed by atoms with Gasteiger partial charge in [0.1, 0.15) is 12.4 Å². The molecule has 1 aromatic carbocycles. The summed E-state index contributed by atoms with van der Waals surface area (Å²) >= 11 is 5.95. The van der Waals surface area contributed by atoms with Crippen molar-refractivity contribution < 1.29 is 9.47 Å². The normalized spacial score (nSPS) is 22.7. The van der Waals surface area contributed by atoms with Crippen molar-refractivity contribution in [2.75, 3.05) is 6.61 Å². The highest BCUT2D eigenvalue weighted by Crippen LogP contribution is 2.30. The van der Waals surface area contributed by atoms with Gasteiger partial charge in [0.15, 0.2) is 0 Å². The topological polar surface area (TPSA) is 18.5 Å². The van der Waals surface area contributed by atoms with Crippen molar-refractivity contribution in [1.82, 2.24) is 0 Å². The van der Waals surface area contributed by atoms with E-state index in [0.717, 1.165) is 24.2 Å². The van der Waals surface area contributed by atoms with Crippen molar-refractivity contribution in [3.63, 3.8) is 0 Å². The van der Waals surface area contributed by atoms with Crippen LogP contribution in [-0.2, 0) is 4.74 Å². The standard InChI is InChI=1S/C14H19ClO2/c1-10-4-5-11(15)8-13(10)16-9-12-6-7-14(2,3)17-12/h4-5,8,12H,6-7,9H2,1-3H3. The van der Waals surface area contributed by atoms with Gasteiger partial charge in [-0.05, 0) is 51.3 Å². The smallest absolute Gasteiger partial charge is 0.123 e. The minimum absolute atomic E-state index is 0.00258. The summed E-state index contributed by atoms with van der Waals surface area (Å²) in [5, 5.41) is 0.707. The average molecular weight is 255 g/mol. The summed E-state index contributed by atoms with van der Waals surface area (Å²) in [6.45, 7) is 6.87. The van der Waals surface area contributed by atoms with Gasteiger partial charge < -0.3 is 9.47 Å². The molecule has 0 saturated carbocycles. The first-order valence-corrected chi connectivity index (χ1v) is 6.41. The zero-order valence-electron chi connectivity index (χ0n) is 10.6. The molecule has 1 heterocycles. The molecule has 1 aliphatic rings. The Morgan fingerprint density at radius 1 is 1.47 bits per heavy atom. The molecule has 0 aliphatic carbocycles. The zero-order valence-corrected chi connectivity index (χ0v) is 11.4. The van der Waals surface area contributed by atoms with E-state index in [-0.39, 0.29) is 11.7 Å². The summed E-state index contributed by atoms with van der Waals surface area (Å²) < 4.78 is 11.7. The van der Waals surface area contributed by atoms with Crippen molar-refractivity contribution in [2.24, 2.45) is 0 Å². The van der Waals surface area contributed by atoms with E-state index in [1.807, 2.05) is 25.1 Å². The minimum Gasteiger partial charge on any atom is -0.491 e. The zero-order chi connectivity index (χ0) is 12.5. The maximum atomic E-state index is 5.95. The lowest BCUT2D eigenvalue weighted by atomic mass is 10.1. The number of rotatable bonds is 3. The monoisotopic (exact) mass is 254 g/mol. The summed E-state index contributed by atoms with van der Waals surface area (Å²) in [5.41, 5.74) is 1.10. The molecule has 0 spiro atoms. The lowest BCUT2D eigenvalue weighted by Crippen LogP contribution is -2.24. The average Bonchev–Trinajstić information content (AvgIpc) is 2.60. The van der Waals surface area contributed by atoms with Crippen LogP contribution in [0.1, 0.15) is 32.3 Å². The number of halogens is 1. The fraction of sp³-hybridized carbons (Fsp3) is 0.571. The molecule has 2 nitrogen and oxygen atoms in total. The van der Waals surface area contributed by atoms with Crippen LogP contribution in [0, 0.1) is 6.92 Å². The molecule has 1 aromatic rings. The van der Waals surface area contributed by atoms with Crippen LogP contribution >= 0.6 is 11.6 Å². The molecular weight excluding hydrogens is 236 g/mol. The Labute approximate surface area is 108 Å². The van der Waals surface area contributed by atoms with Gasteiger partial charge in [-0.15, -0.1) is 0 Å². The maximum Gasteiger partial charge on any atom is 0.123 e. The van der Waals surface area contributed by atoms with Gasteiger partial charge in [-0.25, -0.2) is 0 Å². The third-order valence-electron chi connectivity index (χ3n) is 3.13. The van der Waals surface area contributed by atoms with Crippen molar-refractivity contribution in [2.45, 2.75) is 45.3 Å². The van der Waals surface area contributed by atoms with Crippen LogP contribution in [0.5, 0.6) is 5.75 Å². The SMILES string of the molecule is Cc1ccc(Cl)cc1OCC1CCC(C)(C)O1. The number of hydrogen-bond donors (Lipinski definition) is 0. The van der Waals surface area contributed by atoms with Gasteiger partial charge in [-0.3, -0.25) is 0 Å². The van der Waals surface area contributed by atoms with Crippen molar-refractivity contribution in [3.8, 4) is 5.75 Å². The number of benzene rings is 1. The van der Waals surface area contributed by atoms with Crippen LogP contribution in [0.2, 0.25) is 5.02 Å². The Bertz CT molecular complexity index is 401. The third-order valence-corrected chi connectivity index (χ3v) is 3.36. The van der Waals surface area contributed by atoms with E-state index in [9.17, 15) is 0 Å².